The van der Waals surface area contributed by atoms with Crippen molar-refractivity contribution in [1.82, 2.24) is 14.9 Å². The molecule has 9 nitrogen and oxygen atoms in total. The zero-order valence-electron chi connectivity index (χ0n) is 19.1. The molecule has 3 aliphatic heterocycles. The molecule has 5 heterocycles. The quantitative estimate of drug-likeness (QED) is 0.490. The van der Waals surface area contributed by atoms with Gasteiger partial charge >= 0.3 is 0 Å². The van der Waals surface area contributed by atoms with Crippen LogP contribution in [0.1, 0.15) is 29.3 Å². The summed E-state index contributed by atoms with van der Waals surface area (Å²) in [7, 11) is 0. The predicted molar refractivity (Wildman–Crippen MR) is 128 cm³/mol. The molecule has 5 atom stereocenters. The molecule has 35 heavy (non-hydrogen) atoms. The molecule has 1 aromatic carbocycles. The third-order valence-corrected chi connectivity index (χ3v) is 7.76. The zero-order valence-corrected chi connectivity index (χ0v) is 19.1. The molecule has 1 saturated heterocycles. The van der Waals surface area contributed by atoms with E-state index in [-0.39, 0.29) is 40.9 Å². The summed E-state index contributed by atoms with van der Waals surface area (Å²) in [5, 5.41) is 23.3. The predicted octanol–water partition coefficient (Wildman–Crippen LogP) is 1.13. The van der Waals surface area contributed by atoms with E-state index in [0.29, 0.717) is 26.1 Å². The van der Waals surface area contributed by atoms with Crippen molar-refractivity contribution in [2.45, 2.75) is 37.9 Å². The number of hydrogen-bond donors (Lipinski definition) is 3. The number of quaternary nitrogens is 1. The van der Waals surface area contributed by atoms with Crippen LogP contribution in [0.25, 0.3) is 0 Å². The van der Waals surface area contributed by atoms with E-state index in [9.17, 15) is 20.0 Å². The number of fused-ring (bicyclic) bond motifs is 8. The third kappa shape index (κ3) is 3.81. The summed E-state index contributed by atoms with van der Waals surface area (Å²) in [6, 6.07) is 16.2. The number of carbonyl (C=O) groups is 1. The first-order chi connectivity index (χ1) is 17.0. The molecule has 0 saturated carbocycles. The lowest BCUT2D eigenvalue weighted by atomic mass is 9.70. The second-order valence-electron chi connectivity index (χ2n) is 9.73. The monoisotopic (exact) mass is 473 g/mol. The van der Waals surface area contributed by atoms with Gasteiger partial charge in [0, 0.05) is 60.8 Å². The third-order valence-electron chi connectivity index (χ3n) is 7.76. The Balaban J connectivity index is 1.38. The van der Waals surface area contributed by atoms with Gasteiger partial charge in [-0.25, -0.2) is 5.21 Å². The first kappa shape index (κ1) is 22.0. The summed E-state index contributed by atoms with van der Waals surface area (Å²) in [5.41, 5.74) is 3.93. The molecule has 9 heteroatoms. The molecule has 5 unspecified atom stereocenters. The standard InChI is InChI=1S/C26H27N5O4/c32-24-6-3-5-22-17-10-18(15-29(22)24)25-21(26(33)28-13-19-4-1-2-9-27-19)12-16-11-20(31(34)35)7-8-23(16)30(25)14-17/h1-9,11,17-18,21,25,31,34H,10,12-15H2,(H,28,33). The number of hydrogen-bond acceptors (Lipinski definition) is 6. The summed E-state index contributed by atoms with van der Waals surface area (Å²) in [4.78, 5) is 32.8. The van der Waals surface area contributed by atoms with Gasteiger partial charge in [0.25, 0.3) is 5.56 Å². The van der Waals surface area contributed by atoms with E-state index in [4.69, 9.17) is 0 Å². The lowest BCUT2D eigenvalue weighted by Crippen LogP contribution is -2.99. The number of pyridine rings is 2. The van der Waals surface area contributed by atoms with Gasteiger partial charge in [0.2, 0.25) is 5.91 Å². The Labute approximate surface area is 202 Å². The molecule has 1 amide bonds. The van der Waals surface area contributed by atoms with Gasteiger partial charge in [-0.05, 0) is 48.6 Å². The van der Waals surface area contributed by atoms with Crippen LogP contribution in [0.4, 0.5) is 11.4 Å². The molecule has 3 N–H and O–H groups in total. The summed E-state index contributed by atoms with van der Waals surface area (Å²) >= 11 is 0. The van der Waals surface area contributed by atoms with Crippen LogP contribution in [-0.4, -0.2) is 33.3 Å². The van der Waals surface area contributed by atoms with Crippen molar-refractivity contribution in [3.63, 3.8) is 0 Å². The van der Waals surface area contributed by atoms with Crippen LogP contribution in [0.3, 0.4) is 0 Å². The fraction of sp³-hybridized carbons (Fsp3) is 0.346. The van der Waals surface area contributed by atoms with Crippen LogP contribution in [0.5, 0.6) is 0 Å². The number of benzene rings is 1. The van der Waals surface area contributed by atoms with E-state index >= 15 is 0 Å². The molecular weight excluding hydrogens is 446 g/mol. The summed E-state index contributed by atoms with van der Waals surface area (Å²) in [5.74, 6) is -0.107. The van der Waals surface area contributed by atoms with Crippen molar-refractivity contribution in [3.8, 4) is 0 Å². The van der Waals surface area contributed by atoms with E-state index < -0.39 is 5.23 Å². The van der Waals surface area contributed by atoms with Crippen LogP contribution < -0.4 is 21.0 Å². The minimum atomic E-state index is -0.977. The fourth-order valence-electron chi connectivity index (χ4n) is 6.30. The minimum Gasteiger partial charge on any atom is -0.595 e. The van der Waals surface area contributed by atoms with Crippen LogP contribution in [0, 0.1) is 17.0 Å². The Morgan fingerprint density at radius 1 is 1.17 bits per heavy atom. The maximum atomic E-state index is 13.6. The van der Waals surface area contributed by atoms with Gasteiger partial charge in [0.05, 0.1) is 18.2 Å². The Morgan fingerprint density at radius 2 is 2.06 bits per heavy atom. The number of amides is 1. The SMILES string of the molecule is O=C(NCc1ccccn1)C1Cc2cc([NH+]([O-])O)ccc2N2CC3CC(Cn4c3cccc4=O)C12. The Kier molecular flexibility index (Phi) is 5.40. The normalized spacial score (nSPS) is 25.1. The van der Waals surface area contributed by atoms with E-state index in [0.717, 1.165) is 29.1 Å². The lowest BCUT2D eigenvalue weighted by molar-refractivity contribution is -0.991. The number of aromatic nitrogens is 2. The van der Waals surface area contributed by atoms with Crippen LogP contribution in [0.2, 0.25) is 0 Å². The van der Waals surface area contributed by atoms with E-state index in [2.05, 4.69) is 15.2 Å². The Hall–Kier alpha value is -3.53. The van der Waals surface area contributed by atoms with Crippen molar-refractivity contribution in [2.24, 2.45) is 11.8 Å². The average Bonchev–Trinajstić information content (AvgIpc) is 2.87. The molecule has 0 spiro atoms. The summed E-state index contributed by atoms with van der Waals surface area (Å²) < 4.78 is 1.88. The van der Waals surface area contributed by atoms with Crippen LogP contribution in [0.15, 0.2) is 65.6 Å². The number of nitrogens with zero attached hydrogens (tertiary/aromatic N) is 3. The molecule has 6 rings (SSSR count). The average molecular weight is 474 g/mol. The van der Waals surface area contributed by atoms with Gasteiger partial charge in [-0.3, -0.25) is 14.6 Å². The first-order valence-corrected chi connectivity index (χ1v) is 12.0. The van der Waals surface area contributed by atoms with E-state index in [1.807, 2.05) is 41.0 Å². The molecular formula is C26H27N5O4. The van der Waals surface area contributed by atoms with Gasteiger partial charge < -0.3 is 20.0 Å². The highest BCUT2D eigenvalue weighted by molar-refractivity contribution is 5.82. The Bertz CT molecular complexity index is 1320. The van der Waals surface area contributed by atoms with E-state index in [1.165, 1.54) is 0 Å². The number of anilines is 1. The summed E-state index contributed by atoms with van der Waals surface area (Å²) in [6.45, 7) is 1.60. The first-order valence-electron chi connectivity index (χ1n) is 12.0. The van der Waals surface area contributed by atoms with Crippen LogP contribution >= 0.6 is 0 Å². The molecule has 1 fully saturated rings. The largest absolute Gasteiger partial charge is 0.595 e. The highest BCUT2D eigenvalue weighted by atomic mass is 16.8. The number of rotatable bonds is 4. The minimum absolute atomic E-state index is 0.00381. The summed E-state index contributed by atoms with van der Waals surface area (Å²) in [6.07, 6.45) is 3.09. The van der Waals surface area contributed by atoms with Crippen molar-refractivity contribution in [2.75, 3.05) is 11.4 Å². The lowest BCUT2D eigenvalue weighted by Gasteiger charge is -2.54. The van der Waals surface area contributed by atoms with Gasteiger partial charge in [-0.2, -0.15) is 5.23 Å². The van der Waals surface area contributed by atoms with Crippen molar-refractivity contribution < 1.29 is 15.2 Å². The van der Waals surface area contributed by atoms with Gasteiger partial charge in [0.15, 0.2) is 5.69 Å². The van der Waals surface area contributed by atoms with E-state index in [1.54, 1.807) is 24.4 Å². The number of carbonyl (C=O) groups excluding carboxylic acids is 1. The topological polar surface area (TPSA) is 115 Å². The maximum Gasteiger partial charge on any atom is 0.250 e. The number of piperidine rings is 1. The highest BCUT2D eigenvalue weighted by Gasteiger charge is 2.49. The number of nitrogens with one attached hydrogen (secondary N) is 2. The molecule has 2 bridgehead atoms. The molecule has 0 radical (unpaired) electrons. The molecule has 3 aliphatic rings. The highest BCUT2D eigenvalue weighted by Crippen LogP contribution is 2.47. The van der Waals surface area contributed by atoms with Crippen molar-refractivity contribution in [1.29, 1.82) is 0 Å². The molecule has 180 valence electrons. The molecule has 3 aromatic rings. The maximum absolute atomic E-state index is 13.6. The molecule has 0 aliphatic carbocycles. The van der Waals surface area contributed by atoms with Gasteiger partial charge in [0.1, 0.15) is 0 Å². The van der Waals surface area contributed by atoms with Crippen LogP contribution in [-0.2, 0) is 24.3 Å². The smallest absolute Gasteiger partial charge is 0.250 e. The zero-order chi connectivity index (χ0) is 24.1. The molecule has 2 aromatic heterocycles. The second-order valence-corrected chi connectivity index (χ2v) is 9.73. The fourth-order valence-corrected chi connectivity index (χ4v) is 6.30. The van der Waals surface area contributed by atoms with Crippen molar-refractivity contribution >= 4 is 17.3 Å². The van der Waals surface area contributed by atoms with Gasteiger partial charge in [-0.15, -0.1) is 0 Å². The van der Waals surface area contributed by atoms with Crippen molar-refractivity contribution in [3.05, 3.63) is 93.3 Å². The van der Waals surface area contributed by atoms with Gasteiger partial charge in [-0.1, -0.05) is 12.1 Å². The Morgan fingerprint density at radius 3 is 2.86 bits per heavy atom. The second kappa shape index (κ2) is 8.60.